The Kier molecular flexibility index (Phi) is 15.5. The first kappa shape index (κ1) is 20.5. The van der Waals surface area contributed by atoms with Crippen molar-refractivity contribution in [3.8, 4) is 0 Å². The van der Waals surface area contributed by atoms with E-state index in [2.05, 4.69) is 13.8 Å². The van der Waals surface area contributed by atoms with Crippen LogP contribution >= 0.6 is 0 Å². The fraction of sp³-hybridized carbons (Fsp3) is 0.947. The van der Waals surface area contributed by atoms with E-state index in [0.717, 1.165) is 12.8 Å². The average molecular weight is 299 g/mol. The highest BCUT2D eigenvalue weighted by Crippen LogP contribution is 2.14. The van der Waals surface area contributed by atoms with Gasteiger partial charge in [-0.15, -0.1) is 0 Å². The molecule has 0 amide bonds. The van der Waals surface area contributed by atoms with E-state index in [-0.39, 0.29) is 11.9 Å². The van der Waals surface area contributed by atoms with Gasteiger partial charge in [-0.3, -0.25) is 4.79 Å². The normalized spacial score (nSPS) is 12.3. The van der Waals surface area contributed by atoms with Crippen LogP contribution in [0.15, 0.2) is 0 Å². The Morgan fingerprint density at radius 1 is 0.762 bits per heavy atom. The van der Waals surface area contributed by atoms with Crippen molar-refractivity contribution in [2.24, 2.45) is 5.92 Å². The summed E-state index contributed by atoms with van der Waals surface area (Å²) in [7, 11) is 0. The number of rotatable bonds is 15. The van der Waals surface area contributed by atoms with Crippen LogP contribution in [0.1, 0.15) is 104 Å². The quantitative estimate of drug-likeness (QED) is 0.263. The highest BCUT2D eigenvalue weighted by atomic mass is 16.5. The smallest absolute Gasteiger partial charge is 0.308 e. The molecular weight excluding hydrogens is 260 g/mol. The maximum Gasteiger partial charge on any atom is 0.308 e. The maximum atomic E-state index is 11.8. The second kappa shape index (κ2) is 15.9. The second-order valence-electron chi connectivity index (χ2n) is 6.39. The number of carbonyl (C=O) groups excluding carboxylic acids is 1. The van der Waals surface area contributed by atoms with Crippen molar-refractivity contribution in [3.63, 3.8) is 0 Å². The Hall–Kier alpha value is -0.530. The van der Waals surface area contributed by atoms with Crippen LogP contribution in [0.25, 0.3) is 0 Å². The summed E-state index contributed by atoms with van der Waals surface area (Å²) in [5.74, 6) is 0.0886. The fourth-order valence-corrected chi connectivity index (χ4v) is 2.55. The molecule has 0 heterocycles. The highest BCUT2D eigenvalue weighted by molar-refractivity contribution is 5.71. The number of esters is 1. The predicted octanol–water partition coefficient (Wildman–Crippen LogP) is 6.28. The highest BCUT2D eigenvalue weighted by Gasteiger charge is 2.13. The molecule has 1 atom stereocenters. The third kappa shape index (κ3) is 14.2. The van der Waals surface area contributed by atoms with Crippen molar-refractivity contribution >= 4 is 5.97 Å². The Morgan fingerprint density at radius 3 is 1.81 bits per heavy atom. The fourth-order valence-electron chi connectivity index (χ4n) is 2.55. The molecule has 2 heteroatoms. The minimum absolute atomic E-state index is 0.00874. The van der Waals surface area contributed by atoms with Crippen molar-refractivity contribution in [2.45, 2.75) is 104 Å². The second-order valence-corrected chi connectivity index (χ2v) is 6.39. The summed E-state index contributed by atoms with van der Waals surface area (Å²) in [4.78, 5) is 11.8. The molecule has 21 heavy (non-hydrogen) atoms. The van der Waals surface area contributed by atoms with Gasteiger partial charge in [0.05, 0.1) is 12.5 Å². The predicted molar refractivity (Wildman–Crippen MR) is 91.5 cm³/mol. The number of hydrogen-bond acceptors (Lipinski definition) is 2. The largest absolute Gasteiger partial charge is 0.465 e. The molecule has 0 bridgehead atoms. The topological polar surface area (TPSA) is 26.3 Å². The van der Waals surface area contributed by atoms with Crippen LogP contribution in [0.4, 0.5) is 0 Å². The van der Waals surface area contributed by atoms with Crippen LogP contribution in [0.2, 0.25) is 0 Å². The zero-order chi connectivity index (χ0) is 15.8. The van der Waals surface area contributed by atoms with E-state index in [0.29, 0.717) is 6.61 Å². The van der Waals surface area contributed by atoms with Crippen molar-refractivity contribution < 1.29 is 9.53 Å². The third-order valence-corrected chi connectivity index (χ3v) is 4.14. The molecule has 0 N–H and O–H groups in total. The third-order valence-electron chi connectivity index (χ3n) is 4.14. The molecule has 0 aliphatic heterocycles. The van der Waals surface area contributed by atoms with Gasteiger partial charge in [0.25, 0.3) is 0 Å². The molecule has 0 aromatic rings. The number of ether oxygens (including phenoxy) is 1. The lowest BCUT2D eigenvalue weighted by molar-refractivity contribution is -0.148. The van der Waals surface area contributed by atoms with E-state index in [4.69, 9.17) is 4.74 Å². The minimum Gasteiger partial charge on any atom is -0.465 e. The summed E-state index contributed by atoms with van der Waals surface area (Å²) in [5, 5.41) is 0. The van der Waals surface area contributed by atoms with Gasteiger partial charge in [0, 0.05) is 0 Å². The summed E-state index contributed by atoms with van der Waals surface area (Å²) in [5.41, 5.74) is 0. The molecule has 0 saturated carbocycles. The summed E-state index contributed by atoms with van der Waals surface area (Å²) in [6.45, 7) is 7.07. The van der Waals surface area contributed by atoms with Gasteiger partial charge in [-0.1, -0.05) is 91.4 Å². The van der Waals surface area contributed by atoms with Crippen LogP contribution in [-0.2, 0) is 9.53 Å². The van der Waals surface area contributed by atoms with Crippen molar-refractivity contribution in [1.29, 1.82) is 0 Å². The SMILES string of the molecule is CCCCCCCCCCC(C)C(=O)OCCCCCC. The molecule has 1 unspecified atom stereocenters. The molecule has 2 nitrogen and oxygen atoms in total. The Bertz CT molecular complexity index is 226. The Labute approximate surface area is 133 Å². The lowest BCUT2D eigenvalue weighted by Crippen LogP contribution is -2.15. The van der Waals surface area contributed by atoms with E-state index in [9.17, 15) is 4.79 Å². The molecule has 0 aliphatic rings. The Morgan fingerprint density at radius 2 is 1.24 bits per heavy atom. The molecule has 0 spiro atoms. The van der Waals surface area contributed by atoms with Crippen LogP contribution in [0, 0.1) is 5.92 Å². The molecule has 0 aromatic carbocycles. The van der Waals surface area contributed by atoms with Gasteiger partial charge in [0.2, 0.25) is 0 Å². The molecule has 0 saturated heterocycles. The van der Waals surface area contributed by atoms with E-state index < -0.39 is 0 Å². The van der Waals surface area contributed by atoms with Crippen LogP contribution in [-0.4, -0.2) is 12.6 Å². The lowest BCUT2D eigenvalue weighted by atomic mass is 10.0. The van der Waals surface area contributed by atoms with Crippen LogP contribution < -0.4 is 0 Å². The molecule has 0 aromatic heterocycles. The first-order valence-electron chi connectivity index (χ1n) is 9.39. The first-order chi connectivity index (χ1) is 10.2. The first-order valence-corrected chi connectivity index (χ1v) is 9.39. The average Bonchev–Trinajstić information content (AvgIpc) is 2.49. The molecule has 0 aliphatic carbocycles. The van der Waals surface area contributed by atoms with E-state index in [1.54, 1.807) is 0 Å². The van der Waals surface area contributed by atoms with Crippen LogP contribution in [0.3, 0.4) is 0 Å². The number of carbonyl (C=O) groups is 1. The molecule has 0 radical (unpaired) electrons. The van der Waals surface area contributed by atoms with E-state index in [1.807, 2.05) is 6.92 Å². The summed E-state index contributed by atoms with van der Waals surface area (Å²) in [6.07, 6.45) is 16.2. The van der Waals surface area contributed by atoms with E-state index in [1.165, 1.54) is 70.6 Å². The summed E-state index contributed by atoms with van der Waals surface area (Å²) < 4.78 is 5.33. The summed E-state index contributed by atoms with van der Waals surface area (Å²) >= 11 is 0. The monoisotopic (exact) mass is 298 g/mol. The number of unbranched alkanes of at least 4 members (excludes halogenated alkanes) is 10. The molecular formula is C19H38O2. The zero-order valence-corrected chi connectivity index (χ0v) is 14.8. The molecule has 0 rings (SSSR count). The van der Waals surface area contributed by atoms with E-state index >= 15 is 0 Å². The standard InChI is InChI=1S/C19H38O2/c1-4-6-8-10-11-12-13-14-16-18(3)19(20)21-17-15-9-7-5-2/h18H,4-17H2,1-3H3. The van der Waals surface area contributed by atoms with Crippen molar-refractivity contribution in [2.75, 3.05) is 6.61 Å². The minimum atomic E-state index is 0.00874. The van der Waals surface area contributed by atoms with Gasteiger partial charge >= 0.3 is 5.97 Å². The van der Waals surface area contributed by atoms with Gasteiger partial charge in [-0.25, -0.2) is 0 Å². The van der Waals surface area contributed by atoms with Crippen molar-refractivity contribution in [1.82, 2.24) is 0 Å². The Balaban J connectivity index is 3.35. The van der Waals surface area contributed by atoms with Gasteiger partial charge in [0.15, 0.2) is 0 Å². The van der Waals surface area contributed by atoms with Gasteiger partial charge in [-0.05, 0) is 12.8 Å². The molecule has 126 valence electrons. The lowest BCUT2D eigenvalue weighted by Gasteiger charge is -2.11. The van der Waals surface area contributed by atoms with Crippen molar-refractivity contribution in [3.05, 3.63) is 0 Å². The van der Waals surface area contributed by atoms with Crippen LogP contribution in [0.5, 0.6) is 0 Å². The molecule has 0 fully saturated rings. The summed E-state index contributed by atoms with van der Waals surface area (Å²) in [6, 6.07) is 0. The number of hydrogen-bond donors (Lipinski definition) is 0. The van der Waals surface area contributed by atoms with Gasteiger partial charge in [0.1, 0.15) is 0 Å². The maximum absolute atomic E-state index is 11.8. The van der Waals surface area contributed by atoms with Gasteiger partial charge in [-0.2, -0.15) is 0 Å². The zero-order valence-electron chi connectivity index (χ0n) is 14.8. The van der Waals surface area contributed by atoms with Gasteiger partial charge < -0.3 is 4.74 Å².